The molecule has 0 saturated carbocycles. The number of methoxy groups -OCH3 is 3. The molecule has 1 aliphatic heterocycles. The Bertz CT molecular complexity index is 612. The van der Waals surface area contributed by atoms with Crippen LogP contribution in [0.2, 0.25) is 0 Å². The highest BCUT2D eigenvalue weighted by molar-refractivity contribution is 6.00. The molecule has 1 atom stereocenters. The first-order chi connectivity index (χ1) is 10.5. The van der Waals surface area contributed by atoms with Crippen LogP contribution in [0, 0.1) is 5.92 Å². The second-order valence-electron chi connectivity index (χ2n) is 4.80. The lowest BCUT2D eigenvalue weighted by atomic mass is 10.1. The average Bonchev–Trinajstić information content (AvgIpc) is 2.94. The van der Waals surface area contributed by atoms with Crippen molar-refractivity contribution in [2.75, 3.05) is 32.8 Å². The molecule has 1 unspecified atom stereocenters. The highest BCUT2D eigenvalue weighted by Gasteiger charge is 2.36. The molecule has 118 valence electrons. The predicted octanol–water partition coefficient (Wildman–Crippen LogP) is 1.01. The summed E-state index contributed by atoms with van der Waals surface area (Å²) in [7, 11) is 4.00. The first-order valence-corrected chi connectivity index (χ1v) is 6.66. The second kappa shape index (κ2) is 6.46. The van der Waals surface area contributed by atoms with Crippen LogP contribution in [0.25, 0.3) is 0 Å². The van der Waals surface area contributed by atoms with E-state index in [4.69, 9.17) is 4.74 Å². The number of hydrogen-bond acceptors (Lipinski definition) is 6. The van der Waals surface area contributed by atoms with Crippen LogP contribution >= 0.6 is 0 Å². The van der Waals surface area contributed by atoms with Crippen molar-refractivity contribution in [2.45, 2.75) is 6.42 Å². The van der Waals surface area contributed by atoms with Gasteiger partial charge in [0.2, 0.25) is 5.91 Å². The average molecular weight is 307 g/mol. The van der Waals surface area contributed by atoms with E-state index in [1.165, 1.54) is 32.3 Å². The van der Waals surface area contributed by atoms with E-state index < -0.39 is 17.9 Å². The Morgan fingerprint density at radius 2 is 1.91 bits per heavy atom. The predicted molar refractivity (Wildman–Crippen MR) is 76.8 cm³/mol. The topological polar surface area (TPSA) is 82.1 Å². The molecule has 0 N–H and O–H groups in total. The monoisotopic (exact) mass is 307 g/mol. The van der Waals surface area contributed by atoms with Crippen molar-refractivity contribution in [3.8, 4) is 5.75 Å². The SMILES string of the molecule is COC(=O)c1ccc(N2CC(C(=O)OC)CC2=O)cc1OC. The molecule has 7 nitrogen and oxygen atoms in total. The first kappa shape index (κ1) is 15.8. The molecule has 1 aromatic rings. The van der Waals surface area contributed by atoms with Crippen LogP contribution < -0.4 is 9.64 Å². The van der Waals surface area contributed by atoms with Gasteiger partial charge in [-0.05, 0) is 12.1 Å². The highest BCUT2D eigenvalue weighted by Crippen LogP contribution is 2.30. The number of esters is 2. The molecule has 1 aliphatic rings. The lowest BCUT2D eigenvalue weighted by Gasteiger charge is -2.18. The van der Waals surface area contributed by atoms with Gasteiger partial charge in [0.15, 0.2) is 0 Å². The lowest BCUT2D eigenvalue weighted by molar-refractivity contribution is -0.145. The summed E-state index contributed by atoms with van der Waals surface area (Å²) in [6.45, 7) is 0.242. The standard InChI is InChI=1S/C15H17NO6/c1-20-12-7-10(4-5-11(12)15(19)22-3)16-8-9(6-13(16)17)14(18)21-2/h4-5,7,9H,6,8H2,1-3H3. The zero-order chi connectivity index (χ0) is 16.3. The molecule has 0 aliphatic carbocycles. The summed E-state index contributed by atoms with van der Waals surface area (Å²) in [6.07, 6.45) is 0.105. The maximum Gasteiger partial charge on any atom is 0.341 e. The molecule has 1 amide bonds. The van der Waals surface area contributed by atoms with Gasteiger partial charge < -0.3 is 19.1 Å². The van der Waals surface area contributed by atoms with Crippen molar-refractivity contribution < 1.29 is 28.6 Å². The highest BCUT2D eigenvalue weighted by atomic mass is 16.5. The maximum atomic E-state index is 12.1. The molecule has 1 fully saturated rings. The van der Waals surface area contributed by atoms with Crippen LogP contribution in [0.3, 0.4) is 0 Å². The van der Waals surface area contributed by atoms with E-state index in [0.717, 1.165) is 0 Å². The van der Waals surface area contributed by atoms with Gasteiger partial charge in [-0.25, -0.2) is 4.79 Å². The van der Waals surface area contributed by atoms with Gasteiger partial charge in [0, 0.05) is 24.7 Å². The summed E-state index contributed by atoms with van der Waals surface area (Å²) in [4.78, 5) is 36.7. The summed E-state index contributed by atoms with van der Waals surface area (Å²) >= 11 is 0. The van der Waals surface area contributed by atoms with Crippen molar-refractivity contribution in [2.24, 2.45) is 5.92 Å². The molecule has 1 aromatic carbocycles. The van der Waals surface area contributed by atoms with Crippen LogP contribution in [0.4, 0.5) is 5.69 Å². The minimum atomic E-state index is -0.524. The first-order valence-electron chi connectivity index (χ1n) is 6.66. The third kappa shape index (κ3) is 2.88. The van der Waals surface area contributed by atoms with Crippen LogP contribution in [-0.4, -0.2) is 45.7 Å². The fraction of sp³-hybridized carbons (Fsp3) is 0.400. The number of carbonyl (C=O) groups excluding carboxylic acids is 3. The maximum absolute atomic E-state index is 12.1. The van der Waals surface area contributed by atoms with Crippen LogP contribution in [0.15, 0.2) is 18.2 Å². The van der Waals surface area contributed by atoms with E-state index in [1.54, 1.807) is 12.1 Å². The van der Waals surface area contributed by atoms with Gasteiger partial charge in [0.25, 0.3) is 0 Å². The van der Waals surface area contributed by atoms with Gasteiger partial charge in [-0.15, -0.1) is 0 Å². The van der Waals surface area contributed by atoms with E-state index in [2.05, 4.69) is 9.47 Å². The summed E-state index contributed by atoms with van der Waals surface area (Å²) in [6, 6.07) is 4.72. The van der Waals surface area contributed by atoms with Gasteiger partial charge >= 0.3 is 11.9 Å². The van der Waals surface area contributed by atoms with Crippen LogP contribution in [0.5, 0.6) is 5.75 Å². The molecule has 0 spiro atoms. The normalized spacial score (nSPS) is 17.3. The third-order valence-corrected chi connectivity index (χ3v) is 3.56. The Hall–Kier alpha value is -2.57. The molecule has 1 heterocycles. The number of hydrogen-bond donors (Lipinski definition) is 0. The molecule has 0 aromatic heterocycles. The minimum absolute atomic E-state index is 0.105. The summed E-state index contributed by atoms with van der Waals surface area (Å²) in [5.74, 6) is -1.29. The van der Waals surface area contributed by atoms with E-state index in [0.29, 0.717) is 11.4 Å². The Morgan fingerprint density at radius 1 is 1.18 bits per heavy atom. The molecular formula is C15H17NO6. The van der Waals surface area contributed by atoms with Crippen molar-refractivity contribution >= 4 is 23.5 Å². The lowest BCUT2D eigenvalue weighted by Crippen LogP contribution is -2.26. The Morgan fingerprint density at radius 3 is 2.50 bits per heavy atom. The minimum Gasteiger partial charge on any atom is -0.496 e. The number of benzene rings is 1. The molecular weight excluding hydrogens is 290 g/mol. The fourth-order valence-electron chi connectivity index (χ4n) is 2.41. The van der Waals surface area contributed by atoms with E-state index in [1.807, 2.05) is 0 Å². The second-order valence-corrected chi connectivity index (χ2v) is 4.80. The van der Waals surface area contributed by atoms with Crippen molar-refractivity contribution in [3.05, 3.63) is 23.8 Å². The summed E-state index contributed by atoms with van der Waals surface area (Å²) in [5, 5.41) is 0. The molecule has 0 bridgehead atoms. The van der Waals surface area contributed by atoms with Crippen molar-refractivity contribution in [3.63, 3.8) is 0 Å². The number of carbonyl (C=O) groups is 3. The Labute approximate surface area is 127 Å². The van der Waals surface area contributed by atoms with E-state index in [9.17, 15) is 14.4 Å². The third-order valence-electron chi connectivity index (χ3n) is 3.56. The smallest absolute Gasteiger partial charge is 0.341 e. The van der Waals surface area contributed by atoms with Gasteiger partial charge in [-0.3, -0.25) is 9.59 Å². The summed E-state index contributed by atoms with van der Waals surface area (Å²) in [5.41, 5.74) is 0.825. The molecule has 1 saturated heterocycles. The number of amides is 1. The Balaban J connectivity index is 2.28. The zero-order valence-electron chi connectivity index (χ0n) is 12.6. The van der Waals surface area contributed by atoms with Gasteiger partial charge in [0.05, 0.1) is 27.2 Å². The molecule has 7 heteroatoms. The molecule has 0 radical (unpaired) electrons. The zero-order valence-corrected chi connectivity index (χ0v) is 12.6. The summed E-state index contributed by atoms with van der Waals surface area (Å²) < 4.78 is 14.5. The van der Waals surface area contributed by atoms with Crippen LogP contribution in [-0.2, 0) is 19.1 Å². The van der Waals surface area contributed by atoms with Crippen LogP contribution in [0.1, 0.15) is 16.8 Å². The van der Waals surface area contributed by atoms with E-state index >= 15 is 0 Å². The molecule has 22 heavy (non-hydrogen) atoms. The van der Waals surface area contributed by atoms with Crippen molar-refractivity contribution in [1.82, 2.24) is 0 Å². The number of rotatable bonds is 4. The van der Waals surface area contributed by atoms with E-state index in [-0.39, 0.29) is 24.4 Å². The molecule has 2 rings (SSSR count). The number of anilines is 1. The largest absolute Gasteiger partial charge is 0.496 e. The quantitative estimate of drug-likeness (QED) is 0.772. The Kier molecular flexibility index (Phi) is 4.65. The fourth-order valence-corrected chi connectivity index (χ4v) is 2.41. The van der Waals surface area contributed by atoms with Gasteiger partial charge in [0.1, 0.15) is 11.3 Å². The number of ether oxygens (including phenoxy) is 3. The van der Waals surface area contributed by atoms with Gasteiger partial charge in [-0.2, -0.15) is 0 Å². The van der Waals surface area contributed by atoms with Gasteiger partial charge in [-0.1, -0.05) is 0 Å². The van der Waals surface area contributed by atoms with Crippen molar-refractivity contribution in [1.29, 1.82) is 0 Å². The number of nitrogens with zero attached hydrogens (tertiary/aromatic N) is 1.